The topological polar surface area (TPSA) is 107 Å². The van der Waals surface area contributed by atoms with E-state index < -0.39 is 5.97 Å². The molecule has 48 heavy (non-hydrogen) atoms. The molecule has 1 amide bonds. The summed E-state index contributed by atoms with van der Waals surface area (Å²) < 4.78 is 1.86. The molecule has 0 bridgehead atoms. The number of aromatic carboxylic acids is 1. The number of aryl methyl sites for hydroxylation is 6. The maximum Gasteiger partial charge on any atom is 0.337 e. The summed E-state index contributed by atoms with van der Waals surface area (Å²) in [6.45, 7) is 10.2. The number of piperazine rings is 1. The Morgan fingerprint density at radius 3 is 2.25 bits per heavy atom. The van der Waals surface area contributed by atoms with E-state index >= 15 is 0 Å². The molecule has 9 nitrogen and oxygen atoms in total. The van der Waals surface area contributed by atoms with Gasteiger partial charge < -0.3 is 19.9 Å². The summed E-state index contributed by atoms with van der Waals surface area (Å²) in [6, 6.07) is 9.90. The Bertz CT molecular complexity index is 2020. The van der Waals surface area contributed by atoms with Crippen LogP contribution in [0.1, 0.15) is 67.3 Å². The highest BCUT2D eigenvalue weighted by molar-refractivity contribution is 6.35. The van der Waals surface area contributed by atoms with Crippen LogP contribution in [0.4, 0.5) is 5.69 Å². The highest BCUT2D eigenvalue weighted by Gasteiger charge is 2.29. The Labute approximate surface area is 290 Å². The lowest BCUT2D eigenvalue weighted by Crippen LogP contribution is -2.49. The summed E-state index contributed by atoms with van der Waals surface area (Å²) in [6.07, 6.45) is 6.53. The van der Waals surface area contributed by atoms with Crippen LogP contribution in [-0.2, 0) is 19.9 Å². The van der Waals surface area contributed by atoms with Crippen molar-refractivity contribution in [3.05, 3.63) is 97.7 Å². The third-order valence-corrected chi connectivity index (χ3v) is 10.5. The molecule has 1 saturated heterocycles. The predicted molar refractivity (Wildman–Crippen MR) is 192 cm³/mol. The number of nitrogens with one attached hydrogen (secondary N) is 1. The molecule has 6 rings (SSSR count). The van der Waals surface area contributed by atoms with Gasteiger partial charge in [0.25, 0.3) is 5.91 Å². The zero-order valence-electron chi connectivity index (χ0n) is 28.0. The first-order chi connectivity index (χ1) is 22.9. The summed E-state index contributed by atoms with van der Waals surface area (Å²) in [7, 11) is 1.92. The number of H-pyrrole nitrogens is 1. The number of fused-ring (bicyclic) bond motifs is 1. The van der Waals surface area contributed by atoms with Gasteiger partial charge in [-0.2, -0.15) is 5.10 Å². The Morgan fingerprint density at radius 2 is 1.60 bits per heavy atom. The number of pyridine rings is 1. The lowest BCUT2D eigenvalue weighted by atomic mass is 9.96. The molecule has 0 unspecified atom stereocenters. The fourth-order valence-corrected chi connectivity index (χ4v) is 7.33. The van der Waals surface area contributed by atoms with Crippen molar-refractivity contribution in [1.82, 2.24) is 24.6 Å². The van der Waals surface area contributed by atoms with E-state index in [0.717, 1.165) is 86.5 Å². The zero-order valence-corrected chi connectivity index (χ0v) is 29.5. The second-order valence-corrected chi connectivity index (χ2v) is 13.5. The van der Waals surface area contributed by atoms with Gasteiger partial charge in [0.2, 0.25) is 0 Å². The molecule has 0 atom stereocenters. The van der Waals surface area contributed by atoms with Crippen LogP contribution in [-0.4, -0.2) is 67.8 Å². The summed E-state index contributed by atoms with van der Waals surface area (Å²) in [5, 5.41) is 16.5. The third kappa shape index (κ3) is 6.41. The normalized spacial score (nSPS) is 13.5. The van der Waals surface area contributed by atoms with Crippen LogP contribution in [0.25, 0.3) is 22.0 Å². The van der Waals surface area contributed by atoms with Crippen LogP contribution >= 0.6 is 23.2 Å². The second kappa shape index (κ2) is 13.6. The molecule has 4 heterocycles. The second-order valence-electron chi connectivity index (χ2n) is 12.8. The van der Waals surface area contributed by atoms with E-state index in [4.69, 9.17) is 23.2 Å². The number of hydrogen-bond donors (Lipinski definition) is 2. The van der Waals surface area contributed by atoms with Gasteiger partial charge in [-0.15, -0.1) is 0 Å². The van der Waals surface area contributed by atoms with Crippen molar-refractivity contribution in [2.24, 2.45) is 7.05 Å². The third-order valence-electron chi connectivity index (χ3n) is 9.55. The number of unbranched alkanes of at least 4 members (excludes halogenated alkanes) is 1. The van der Waals surface area contributed by atoms with E-state index in [9.17, 15) is 14.7 Å². The van der Waals surface area contributed by atoms with E-state index in [-0.39, 0.29) is 11.5 Å². The molecule has 0 radical (unpaired) electrons. The quantitative estimate of drug-likeness (QED) is 0.154. The van der Waals surface area contributed by atoms with Crippen molar-refractivity contribution in [2.45, 2.75) is 53.4 Å². The Balaban J connectivity index is 1.30. The number of carboxylic acids is 1. The molecule has 0 saturated carbocycles. The summed E-state index contributed by atoms with van der Waals surface area (Å²) in [5.41, 5.74) is 10.5. The van der Waals surface area contributed by atoms with E-state index in [2.05, 4.69) is 32.1 Å². The van der Waals surface area contributed by atoms with Crippen molar-refractivity contribution in [3.8, 4) is 11.1 Å². The number of nitrogens with zero attached hydrogens (tertiary/aromatic N) is 5. The number of carboxylic acid groups (broad SMARTS) is 1. The first kappa shape index (κ1) is 33.6. The van der Waals surface area contributed by atoms with E-state index in [0.29, 0.717) is 36.9 Å². The van der Waals surface area contributed by atoms with E-state index in [1.54, 1.807) is 12.3 Å². The number of aromatic amines is 1. The van der Waals surface area contributed by atoms with Gasteiger partial charge >= 0.3 is 5.97 Å². The highest BCUT2D eigenvalue weighted by Crippen LogP contribution is 2.40. The fourth-order valence-electron chi connectivity index (χ4n) is 6.97. The minimum Gasteiger partial charge on any atom is -0.478 e. The number of halogens is 2. The SMILES string of the molecule is Cc1cc(CCCCc2c(C(=O)N3CCN(c4cncc(C(=O)O)c4)CC3)[nH]c3c(-c4c(C)nn(C)c4C)c(Cl)ccc23)cc(C)c1Cl. The number of rotatable bonds is 9. The predicted octanol–water partition coefficient (Wildman–Crippen LogP) is 7.73. The molecule has 2 aromatic carbocycles. The zero-order chi connectivity index (χ0) is 34.3. The number of hydrogen-bond acceptors (Lipinski definition) is 5. The molecule has 1 aliphatic heterocycles. The monoisotopic (exact) mass is 686 g/mol. The molecule has 0 aliphatic carbocycles. The maximum absolute atomic E-state index is 14.3. The summed E-state index contributed by atoms with van der Waals surface area (Å²) in [5.74, 6) is -1.07. The molecular formula is C37H40Cl2N6O3. The number of anilines is 1. The Kier molecular flexibility index (Phi) is 9.54. The number of benzene rings is 2. The van der Waals surface area contributed by atoms with Gasteiger partial charge in [-0.05, 0) is 87.8 Å². The molecule has 0 spiro atoms. The van der Waals surface area contributed by atoms with Crippen molar-refractivity contribution in [1.29, 1.82) is 0 Å². The maximum atomic E-state index is 14.3. The highest BCUT2D eigenvalue weighted by atomic mass is 35.5. The average molecular weight is 688 g/mol. The van der Waals surface area contributed by atoms with Crippen LogP contribution in [0.5, 0.6) is 0 Å². The van der Waals surface area contributed by atoms with Gasteiger partial charge in [0.15, 0.2) is 0 Å². The molecular weight excluding hydrogens is 647 g/mol. The molecule has 3 aromatic heterocycles. The molecule has 1 aliphatic rings. The smallest absolute Gasteiger partial charge is 0.337 e. The number of amides is 1. The van der Waals surface area contributed by atoms with Crippen molar-refractivity contribution in [2.75, 3.05) is 31.1 Å². The lowest BCUT2D eigenvalue weighted by molar-refractivity contribution is 0.0695. The standard InChI is InChI=1S/C37H40Cl2N6O3/c1-21-16-25(17-22(2)33(21)39)8-6-7-9-28-29-10-11-30(38)32(31-23(3)42-43(5)24(31)4)34(29)41-35(28)36(46)45-14-12-44(13-15-45)27-18-26(37(47)48)19-40-20-27/h10-11,16-20,41H,6-9,12-15H2,1-5H3,(H,47,48). The van der Waals surface area contributed by atoms with Crippen LogP contribution in [0, 0.1) is 27.7 Å². The van der Waals surface area contributed by atoms with Crippen LogP contribution in [0.15, 0.2) is 42.7 Å². The molecule has 250 valence electrons. The van der Waals surface area contributed by atoms with Crippen molar-refractivity contribution < 1.29 is 14.7 Å². The lowest BCUT2D eigenvalue weighted by Gasteiger charge is -2.36. The number of aromatic nitrogens is 4. The molecule has 1 fully saturated rings. The number of carbonyl (C=O) groups is 2. The Morgan fingerprint density at radius 1 is 0.917 bits per heavy atom. The molecule has 2 N–H and O–H groups in total. The first-order valence-corrected chi connectivity index (χ1v) is 17.0. The van der Waals surface area contributed by atoms with Crippen molar-refractivity contribution >= 4 is 51.7 Å². The van der Waals surface area contributed by atoms with Gasteiger partial charge in [-0.1, -0.05) is 41.4 Å². The van der Waals surface area contributed by atoms with Gasteiger partial charge in [-0.25, -0.2) is 4.79 Å². The van der Waals surface area contributed by atoms with E-state index in [1.165, 1.54) is 11.8 Å². The van der Waals surface area contributed by atoms with Crippen LogP contribution in [0.3, 0.4) is 0 Å². The van der Waals surface area contributed by atoms with Gasteiger partial charge in [-0.3, -0.25) is 14.5 Å². The molecule has 11 heteroatoms. The average Bonchev–Trinajstić information content (AvgIpc) is 3.56. The van der Waals surface area contributed by atoms with Crippen LogP contribution in [0.2, 0.25) is 10.0 Å². The minimum atomic E-state index is -1.01. The van der Waals surface area contributed by atoms with E-state index in [1.807, 2.05) is 56.5 Å². The summed E-state index contributed by atoms with van der Waals surface area (Å²) in [4.78, 5) is 37.4. The minimum absolute atomic E-state index is 0.0519. The Hall–Kier alpha value is -4.34. The van der Waals surface area contributed by atoms with Gasteiger partial charge in [0.05, 0.1) is 33.7 Å². The first-order valence-electron chi connectivity index (χ1n) is 16.3. The van der Waals surface area contributed by atoms with Crippen LogP contribution < -0.4 is 4.90 Å². The van der Waals surface area contributed by atoms with Crippen molar-refractivity contribution in [3.63, 3.8) is 0 Å². The number of carbonyl (C=O) groups excluding carboxylic acids is 1. The van der Waals surface area contributed by atoms with Gasteiger partial charge in [0, 0.05) is 66.7 Å². The fraction of sp³-hybridized carbons (Fsp3) is 0.351. The van der Waals surface area contributed by atoms with Gasteiger partial charge in [0.1, 0.15) is 5.69 Å². The molecule has 5 aromatic rings. The largest absolute Gasteiger partial charge is 0.478 e. The summed E-state index contributed by atoms with van der Waals surface area (Å²) >= 11 is 13.3.